The average Bonchev–Trinajstić information content (AvgIpc) is 3.25. The number of hydrogen-bond acceptors (Lipinski definition) is 4. The highest BCUT2D eigenvalue weighted by Crippen LogP contribution is 2.43. The Bertz CT molecular complexity index is 1300. The minimum absolute atomic E-state index is 0.0380. The number of carbonyl (C=O) groups is 2. The molecule has 64 heavy (non-hydrogen) atoms. The molecule has 2 saturated heterocycles. The quantitative estimate of drug-likeness (QED) is 0.108. The van der Waals surface area contributed by atoms with E-state index in [1.54, 1.807) is 0 Å². The van der Waals surface area contributed by atoms with E-state index in [1.165, 1.54) is 128 Å². The first-order chi connectivity index (χ1) is 30.5. The van der Waals surface area contributed by atoms with Crippen molar-refractivity contribution in [2.24, 2.45) is 0 Å². The molecule has 2 heterocycles. The molecular weight excluding hydrogens is 789 g/mol. The Balaban J connectivity index is 1.20. The minimum Gasteiger partial charge on any atom is -0.322 e. The summed E-state index contributed by atoms with van der Waals surface area (Å²) in [7, 11) is 0. The first kappa shape index (κ1) is 51.3. The number of rotatable bonds is 17. The van der Waals surface area contributed by atoms with E-state index in [-0.39, 0.29) is 34.2 Å². The molecule has 6 fully saturated rings. The fourth-order valence-electron chi connectivity index (χ4n) is 15.0. The maximum atomic E-state index is 15.5. The predicted molar refractivity (Wildman–Crippen MR) is 270 cm³/mol. The lowest BCUT2D eigenvalue weighted by Crippen LogP contribution is -2.66. The van der Waals surface area contributed by atoms with Crippen LogP contribution in [0.5, 0.6) is 0 Å². The predicted octanol–water partition coefficient (Wildman–Crippen LogP) is 13.7. The molecule has 8 nitrogen and oxygen atoms in total. The van der Waals surface area contributed by atoms with E-state index >= 15 is 9.59 Å². The third kappa shape index (κ3) is 12.5. The molecule has 366 valence electrons. The van der Waals surface area contributed by atoms with Crippen LogP contribution in [0.15, 0.2) is 25.3 Å². The van der Waals surface area contributed by atoms with Crippen molar-refractivity contribution in [2.75, 3.05) is 26.2 Å². The zero-order valence-electron chi connectivity index (χ0n) is 43.2. The molecule has 6 rings (SSSR count). The van der Waals surface area contributed by atoms with Crippen LogP contribution in [0.1, 0.15) is 235 Å². The van der Waals surface area contributed by atoms with Crippen LogP contribution < -0.4 is 0 Å². The third-order valence-electron chi connectivity index (χ3n) is 17.7. The van der Waals surface area contributed by atoms with Gasteiger partial charge < -0.3 is 19.6 Å². The van der Waals surface area contributed by atoms with Crippen LogP contribution in [0.25, 0.3) is 0 Å². The van der Waals surface area contributed by atoms with E-state index in [4.69, 9.17) is 0 Å². The van der Waals surface area contributed by atoms with Gasteiger partial charge in [-0.1, -0.05) is 102 Å². The summed E-state index contributed by atoms with van der Waals surface area (Å²) < 4.78 is 0. The van der Waals surface area contributed by atoms with Gasteiger partial charge in [-0.25, -0.2) is 9.59 Å². The molecule has 0 aromatic carbocycles. The van der Waals surface area contributed by atoms with Gasteiger partial charge in [-0.3, -0.25) is 9.80 Å². The molecule has 4 saturated carbocycles. The molecule has 0 spiro atoms. The number of carbonyl (C=O) groups excluding carboxylic acids is 2. The van der Waals surface area contributed by atoms with Crippen LogP contribution in [-0.4, -0.2) is 126 Å². The zero-order chi connectivity index (χ0) is 46.1. The summed E-state index contributed by atoms with van der Waals surface area (Å²) in [5.41, 5.74) is -0.152. The monoisotopic (exact) mass is 889 g/mol. The molecule has 6 aliphatic rings. The lowest BCUT2D eigenvalue weighted by molar-refractivity contribution is -0.0556. The van der Waals surface area contributed by atoms with Crippen molar-refractivity contribution in [1.29, 1.82) is 0 Å². The molecule has 4 amide bonds. The third-order valence-corrected chi connectivity index (χ3v) is 17.7. The summed E-state index contributed by atoms with van der Waals surface area (Å²) in [5.74, 6) is 0. The van der Waals surface area contributed by atoms with Crippen molar-refractivity contribution >= 4 is 12.1 Å². The Morgan fingerprint density at radius 1 is 0.422 bits per heavy atom. The maximum absolute atomic E-state index is 15.5. The standard InChI is InChI=1S/C56H100N6O2/c1-11-37-59-53(3,4)41-49(42-54(59,5)6)57(51(63)61(45-29-19-15-20-30-45)46-31-21-16-22-32-46)39-27-13-14-28-40-58(50-43-55(7,8)60(38-12-2)56(9,10)44-50)52(64)62(47-33-23-17-24-34-47)48-35-25-18-26-36-48/h11-12,45-50H,1-2,13-44H2,3-10H3. The van der Waals surface area contributed by atoms with Crippen molar-refractivity contribution in [1.82, 2.24) is 29.4 Å². The van der Waals surface area contributed by atoms with E-state index in [1.807, 2.05) is 0 Å². The fraction of sp³-hybridized carbons (Fsp3) is 0.893. The summed E-state index contributed by atoms with van der Waals surface area (Å²) in [5, 5.41) is 0. The van der Waals surface area contributed by atoms with Gasteiger partial charge in [-0.05, 0) is 145 Å². The van der Waals surface area contributed by atoms with Crippen molar-refractivity contribution in [3.63, 3.8) is 0 Å². The molecule has 4 aliphatic carbocycles. The molecule has 0 bridgehead atoms. The van der Waals surface area contributed by atoms with Gasteiger partial charge in [0.25, 0.3) is 0 Å². The van der Waals surface area contributed by atoms with Crippen LogP contribution in [0.4, 0.5) is 9.59 Å². The van der Waals surface area contributed by atoms with Crippen LogP contribution in [0.2, 0.25) is 0 Å². The summed E-state index contributed by atoms with van der Waals surface area (Å²) in [4.78, 5) is 46.0. The van der Waals surface area contributed by atoms with Crippen molar-refractivity contribution in [2.45, 2.75) is 294 Å². The molecule has 0 atom stereocenters. The Labute approximate surface area is 394 Å². The SMILES string of the molecule is C=CCN1C(C)(C)CC(N(CCCCCCN(C(=O)N(C2CCCCC2)C2CCCCC2)C2CC(C)(C)N(CC=C)C(C)(C)C2)C(=O)N(C2CCCCC2)C2CCCCC2)CC1(C)C. The molecule has 8 heteroatoms. The number of unbranched alkanes of at least 4 members (excludes halogenated alkanes) is 3. The van der Waals surface area contributed by atoms with E-state index in [9.17, 15) is 0 Å². The summed E-state index contributed by atoms with van der Waals surface area (Å²) in [6.07, 6.45) is 36.9. The lowest BCUT2D eigenvalue weighted by atomic mass is 9.76. The smallest absolute Gasteiger partial charge is 0.320 e. The number of nitrogens with zero attached hydrogens (tertiary/aromatic N) is 6. The summed E-state index contributed by atoms with van der Waals surface area (Å²) in [6.45, 7) is 30.9. The number of hydrogen-bond donors (Lipinski definition) is 0. The Morgan fingerprint density at radius 2 is 0.672 bits per heavy atom. The number of piperidine rings is 2. The topological polar surface area (TPSA) is 53.6 Å². The van der Waals surface area contributed by atoms with Gasteiger partial charge in [-0.15, -0.1) is 13.2 Å². The van der Waals surface area contributed by atoms with Crippen molar-refractivity contribution in [3.05, 3.63) is 25.3 Å². The highest BCUT2D eigenvalue weighted by Gasteiger charge is 2.50. The first-order valence-electron chi connectivity index (χ1n) is 27.5. The van der Waals surface area contributed by atoms with Gasteiger partial charge in [0, 0.05) is 84.6 Å². The van der Waals surface area contributed by atoms with Crippen LogP contribution >= 0.6 is 0 Å². The maximum Gasteiger partial charge on any atom is 0.320 e. The second-order valence-corrected chi connectivity index (χ2v) is 24.5. The fourth-order valence-corrected chi connectivity index (χ4v) is 15.0. The van der Waals surface area contributed by atoms with Gasteiger partial charge in [-0.2, -0.15) is 0 Å². The van der Waals surface area contributed by atoms with Crippen LogP contribution in [-0.2, 0) is 0 Å². The zero-order valence-corrected chi connectivity index (χ0v) is 43.2. The second-order valence-electron chi connectivity index (χ2n) is 24.5. The lowest BCUT2D eigenvalue weighted by Gasteiger charge is -2.57. The highest BCUT2D eigenvalue weighted by atomic mass is 16.2. The molecule has 0 aromatic heterocycles. The molecule has 0 N–H and O–H groups in total. The molecule has 0 unspecified atom stereocenters. The molecule has 2 aliphatic heterocycles. The van der Waals surface area contributed by atoms with Gasteiger partial charge in [0.05, 0.1) is 0 Å². The average molecular weight is 889 g/mol. The Hall–Kier alpha value is -2.06. The van der Waals surface area contributed by atoms with E-state index in [0.29, 0.717) is 36.2 Å². The number of amides is 4. The van der Waals surface area contributed by atoms with Crippen LogP contribution in [0, 0.1) is 0 Å². The first-order valence-corrected chi connectivity index (χ1v) is 27.5. The van der Waals surface area contributed by atoms with E-state index in [2.05, 4.69) is 110 Å². The molecule has 0 radical (unpaired) electrons. The molecular formula is C56H100N6O2. The van der Waals surface area contributed by atoms with E-state index in [0.717, 1.165) is 77.5 Å². The highest BCUT2D eigenvalue weighted by molar-refractivity contribution is 5.76. The van der Waals surface area contributed by atoms with E-state index < -0.39 is 0 Å². The van der Waals surface area contributed by atoms with Gasteiger partial charge in [0.2, 0.25) is 0 Å². The normalized spacial score (nSPS) is 25.7. The Morgan fingerprint density at radius 3 is 0.906 bits per heavy atom. The second kappa shape index (κ2) is 22.8. The van der Waals surface area contributed by atoms with Crippen molar-refractivity contribution < 1.29 is 9.59 Å². The Kier molecular flexibility index (Phi) is 18.3. The van der Waals surface area contributed by atoms with Crippen LogP contribution in [0.3, 0.4) is 0 Å². The molecule has 0 aromatic rings. The van der Waals surface area contributed by atoms with Gasteiger partial charge in [0.1, 0.15) is 0 Å². The van der Waals surface area contributed by atoms with Crippen molar-refractivity contribution in [3.8, 4) is 0 Å². The number of urea groups is 2. The largest absolute Gasteiger partial charge is 0.322 e. The summed E-state index contributed by atoms with van der Waals surface area (Å²) >= 11 is 0. The van der Waals surface area contributed by atoms with Gasteiger partial charge >= 0.3 is 12.1 Å². The number of likely N-dealkylation sites (tertiary alicyclic amines) is 2. The summed E-state index contributed by atoms with van der Waals surface area (Å²) in [6, 6.07) is 2.67. The van der Waals surface area contributed by atoms with Gasteiger partial charge in [0.15, 0.2) is 0 Å². The minimum atomic E-state index is -0.0380.